The predicted molar refractivity (Wildman–Crippen MR) is 64.6 cm³/mol. The maximum absolute atomic E-state index is 6.11. The number of halogens is 1. The summed E-state index contributed by atoms with van der Waals surface area (Å²) < 4.78 is 6.63. The Morgan fingerprint density at radius 3 is 3.00 bits per heavy atom. The van der Waals surface area contributed by atoms with Crippen molar-refractivity contribution in [1.29, 1.82) is 0 Å². The lowest BCUT2D eigenvalue weighted by molar-refractivity contribution is 0.183. The monoisotopic (exact) mass is 253 g/mol. The molecule has 0 atom stereocenters. The fourth-order valence-electron chi connectivity index (χ4n) is 1.44. The van der Waals surface area contributed by atoms with Crippen LogP contribution in [0.5, 0.6) is 0 Å². The lowest BCUT2D eigenvalue weighted by Crippen LogP contribution is -2.08. The maximum Gasteiger partial charge on any atom is 0.183 e. The summed E-state index contributed by atoms with van der Waals surface area (Å²) in [6.07, 6.45) is 0. The third-order valence-corrected chi connectivity index (χ3v) is 2.59. The van der Waals surface area contributed by atoms with Crippen molar-refractivity contribution in [3.8, 4) is 11.4 Å². The third-order valence-electron chi connectivity index (χ3n) is 2.27. The van der Waals surface area contributed by atoms with Gasteiger partial charge >= 0.3 is 0 Å². The Labute approximate surface area is 103 Å². The van der Waals surface area contributed by atoms with Crippen LogP contribution in [0.3, 0.4) is 0 Å². The summed E-state index contributed by atoms with van der Waals surface area (Å²) in [7, 11) is 1.63. The molecule has 0 spiro atoms. The summed E-state index contributed by atoms with van der Waals surface area (Å²) in [5, 5.41) is 12.0. The van der Waals surface area contributed by atoms with Gasteiger partial charge in [0.2, 0.25) is 0 Å². The fraction of sp³-hybridized carbons (Fsp3) is 0.300. The fourth-order valence-corrected chi connectivity index (χ4v) is 1.71. The number of aromatic nitrogens is 4. The first-order chi connectivity index (χ1) is 8.22. The number of anilines is 1. The van der Waals surface area contributed by atoms with Gasteiger partial charge < -0.3 is 10.5 Å². The summed E-state index contributed by atoms with van der Waals surface area (Å²) in [5.74, 6) is 0.604. The Hall–Kier alpha value is -1.66. The summed E-state index contributed by atoms with van der Waals surface area (Å²) in [6.45, 7) is 1.10. The minimum absolute atomic E-state index is 0.526. The second-order valence-electron chi connectivity index (χ2n) is 3.46. The molecule has 0 aliphatic carbocycles. The number of nitrogen functional groups attached to an aromatic ring is 1. The van der Waals surface area contributed by atoms with Gasteiger partial charge in [-0.15, -0.1) is 5.10 Å². The van der Waals surface area contributed by atoms with Crippen LogP contribution in [0.1, 0.15) is 0 Å². The molecule has 0 fully saturated rings. The Morgan fingerprint density at radius 2 is 2.29 bits per heavy atom. The Balaban J connectivity index is 2.35. The zero-order valence-electron chi connectivity index (χ0n) is 9.30. The van der Waals surface area contributed by atoms with E-state index in [1.165, 1.54) is 0 Å². The van der Waals surface area contributed by atoms with E-state index in [1.807, 2.05) is 0 Å². The van der Waals surface area contributed by atoms with Gasteiger partial charge in [-0.3, -0.25) is 0 Å². The van der Waals surface area contributed by atoms with Crippen LogP contribution in [0.4, 0.5) is 5.69 Å². The zero-order valence-corrected chi connectivity index (χ0v) is 10.1. The first-order valence-corrected chi connectivity index (χ1v) is 5.40. The van der Waals surface area contributed by atoms with Gasteiger partial charge in [-0.1, -0.05) is 11.6 Å². The first kappa shape index (κ1) is 11.8. The number of ether oxygens (including phenoxy) is 1. The maximum atomic E-state index is 6.11. The molecule has 2 aromatic rings. The van der Waals surface area contributed by atoms with Crippen LogP contribution in [-0.2, 0) is 11.3 Å². The Bertz CT molecular complexity index is 513. The van der Waals surface area contributed by atoms with Gasteiger partial charge in [0.05, 0.1) is 18.2 Å². The van der Waals surface area contributed by atoms with Crippen molar-refractivity contribution in [3.05, 3.63) is 23.2 Å². The van der Waals surface area contributed by atoms with Gasteiger partial charge in [-0.2, -0.15) is 0 Å². The van der Waals surface area contributed by atoms with Crippen molar-refractivity contribution < 1.29 is 4.74 Å². The molecule has 0 amide bonds. The lowest BCUT2D eigenvalue weighted by atomic mass is 10.2. The van der Waals surface area contributed by atoms with Crippen molar-refractivity contribution >= 4 is 17.3 Å². The third kappa shape index (κ3) is 2.54. The molecular formula is C10H12ClN5O. The van der Waals surface area contributed by atoms with E-state index >= 15 is 0 Å². The number of rotatable bonds is 4. The number of hydrogen-bond donors (Lipinski definition) is 1. The Kier molecular flexibility index (Phi) is 3.55. The van der Waals surface area contributed by atoms with E-state index in [4.69, 9.17) is 22.1 Å². The molecule has 1 heterocycles. The average molecular weight is 254 g/mol. The van der Waals surface area contributed by atoms with E-state index in [9.17, 15) is 0 Å². The van der Waals surface area contributed by atoms with Crippen molar-refractivity contribution in [2.24, 2.45) is 0 Å². The van der Waals surface area contributed by atoms with Crippen LogP contribution in [0.2, 0.25) is 5.02 Å². The van der Waals surface area contributed by atoms with E-state index in [2.05, 4.69) is 15.5 Å². The van der Waals surface area contributed by atoms with Gasteiger partial charge in [0.15, 0.2) is 5.82 Å². The van der Waals surface area contributed by atoms with Crippen LogP contribution in [0.15, 0.2) is 18.2 Å². The number of hydrogen-bond acceptors (Lipinski definition) is 5. The molecule has 0 unspecified atom stereocenters. The highest BCUT2D eigenvalue weighted by Crippen LogP contribution is 2.27. The molecule has 0 saturated heterocycles. The first-order valence-electron chi connectivity index (χ1n) is 5.03. The van der Waals surface area contributed by atoms with Gasteiger partial charge in [-0.25, -0.2) is 4.68 Å². The topological polar surface area (TPSA) is 78.8 Å². The molecule has 1 aromatic carbocycles. The smallest absolute Gasteiger partial charge is 0.183 e. The summed E-state index contributed by atoms with van der Waals surface area (Å²) in [5.41, 5.74) is 6.99. The molecule has 2 N–H and O–H groups in total. The van der Waals surface area contributed by atoms with Gasteiger partial charge in [0.1, 0.15) is 0 Å². The van der Waals surface area contributed by atoms with Crippen LogP contribution < -0.4 is 5.73 Å². The number of benzene rings is 1. The molecule has 0 aliphatic heterocycles. The standard InChI is InChI=1S/C10H12ClN5O/c1-17-5-4-16-10(13-14-15-16)8-3-2-7(12)6-9(8)11/h2-3,6H,4-5,12H2,1H3. The molecule has 0 aliphatic rings. The van der Waals surface area contributed by atoms with Gasteiger partial charge in [0.25, 0.3) is 0 Å². The van der Waals surface area contributed by atoms with Crippen LogP contribution >= 0.6 is 11.6 Å². The van der Waals surface area contributed by atoms with Gasteiger partial charge in [0, 0.05) is 18.4 Å². The summed E-state index contributed by atoms with van der Waals surface area (Å²) >= 11 is 6.11. The normalized spacial score (nSPS) is 10.7. The Morgan fingerprint density at radius 1 is 1.47 bits per heavy atom. The summed E-state index contributed by atoms with van der Waals surface area (Å²) in [6, 6.07) is 5.23. The lowest BCUT2D eigenvalue weighted by Gasteiger charge is -2.06. The molecule has 6 nitrogen and oxygen atoms in total. The molecule has 2 rings (SSSR count). The highest BCUT2D eigenvalue weighted by molar-refractivity contribution is 6.33. The zero-order chi connectivity index (χ0) is 12.3. The van der Waals surface area contributed by atoms with Crippen molar-refractivity contribution in [1.82, 2.24) is 20.2 Å². The number of methoxy groups -OCH3 is 1. The quantitative estimate of drug-likeness (QED) is 0.829. The van der Waals surface area contributed by atoms with Crippen molar-refractivity contribution in [2.75, 3.05) is 19.5 Å². The average Bonchev–Trinajstić information content (AvgIpc) is 2.74. The molecule has 1 aromatic heterocycles. The number of nitrogens with zero attached hydrogens (tertiary/aromatic N) is 4. The highest BCUT2D eigenvalue weighted by Gasteiger charge is 2.12. The number of tetrazole rings is 1. The van der Waals surface area contributed by atoms with Crippen molar-refractivity contribution in [3.63, 3.8) is 0 Å². The largest absolute Gasteiger partial charge is 0.399 e. The molecule has 7 heteroatoms. The van der Waals surface area contributed by atoms with E-state index in [1.54, 1.807) is 30.0 Å². The minimum atomic E-state index is 0.526. The molecule has 0 radical (unpaired) electrons. The molecular weight excluding hydrogens is 242 g/mol. The van der Waals surface area contributed by atoms with Gasteiger partial charge in [-0.05, 0) is 28.6 Å². The van der Waals surface area contributed by atoms with Crippen LogP contribution in [-0.4, -0.2) is 33.9 Å². The molecule has 90 valence electrons. The van der Waals surface area contributed by atoms with E-state index < -0.39 is 0 Å². The van der Waals surface area contributed by atoms with Crippen LogP contribution in [0.25, 0.3) is 11.4 Å². The molecule has 0 saturated carbocycles. The van der Waals surface area contributed by atoms with E-state index in [-0.39, 0.29) is 0 Å². The van der Waals surface area contributed by atoms with E-state index in [0.717, 1.165) is 5.56 Å². The van der Waals surface area contributed by atoms with Crippen molar-refractivity contribution in [2.45, 2.75) is 6.54 Å². The second-order valence-corrected chi connectivity index (χ2v) is 3.86. The highest BCUT2D eigenvalue weighted by atomic mass is 35.5. The van der Waals surface area contributed by atoms with E-state index in [0.29, 0.717) is 29.7 Å². The second kappa shape index (κ2) is 5.11. The molecule has 17 heavy (non-hydrogen) atoms. The van der Waals surface area contributed by atoms with Crippen LogP contribution in [0, 0.1) is 0 Å². The SMILES string of the molecule is COCCn1nnnc1-c1ccc(N)cc1Cl. The summed E-state index contributed by atoms with van der Waals surface area (Å²) in [4.78, 5) is 0. The predicted octanol–water partition coefficient (Wildman–Crippen LogP) is 1.22. The number of nitrogens with two attached hydrogens (primary N) is 1. The molecule has 0 bridgehead atoms. The minimum Gasteiger partial charge on any atom is -0.399 e.